The van der Waals surface area contributed by atoms with Crippen LogP contribution in [0.25, 0.3) is 21.6 Å². The van der Waals surface area contributed by atoms with Crippen molar-refractivity contribution >= 4 is 27.3 Å². The van der Waals surface area contributed by atoms with Crippen LogP contribution < -0.4 is 5.36 Å². The standard InChI is InChI=1S/C19H13NOS/c1-3-7-14(8-4-1)18-13-16(19-17(21-18)11-12-22-19)20-15-9-5-2-6-10-15/h1-13H. The van der Waals surface area contributed by atoms with Gasteiger partial charge in [0.1, 0.15) is 11.3 Å². The van der Waals surface area contributed by atoms with Gasteiger partial charge < -0.3 is 4.42 Å². The van der Waals surface area contributed by atoms with E-state index in [1.165, 1.54) is 0 Å². The summed E-state index contributed by atoms with van der Waals surface area (Å²) in [4.78, 5) is 4.78. The van der Waals surface area contributed by atoms with Crippen LogP contribution in [0.5, 0.6) is 0 Å². The number of fused-ring (bicyclic) bond motifs is 1. The van der Waals surface area contributed by atoms with Gasteiger partial charge in [-0.3, -0.25) is 0 Å². The predicted molar refractivity (Wildman–Crippen MR) is 91.2 cm³/mol. The maximum absolute atomic E-state index is 6.02. The quantitative estimate of drug-likeness (QED) is 0.487. The molecule has 0 aliphatic rings. The van der Waals surface area contributed by atoms with Crippen molar-refractivity contribution in [3.05, 3.63) is 83.5 Å². The first kappa shape index (κ1) is 13.0. The average Bonchev–Trinajstić information content (AvgIpc) is 3.05. The Hall–Kier alpha value is -2.65. The van der Waals surface area contributed by atoms with Crippen molar-refractivity contribution in [3.63, 3.8) is 0 Å². The molecule has 0 N–H and O–H groups in total. The molecule has 0 bridgehead atoms. The molecule has 0 fully saturated rings. The minimum Gasteiger partial charge on any atom is -0.455 e. The predicted octanol–water partition coefficient (Wildman–Crippen LogP) is 5.39. The Morgan fingerprint density at radius 2 is 1.55 bits per heavy atom. The Morgan fingerprint density at radius 1 is 0.818 bits per heavy atom. The number of hydrogen-bond donors (Lipinski definition) is 0. The third-order valence-electron chi connectivity index (χ3n) is 3.41. The van der Waals surface area contributed by atoms with Crippen LogP contribution in [0.4, 0.5) is 5.69 Å². The molecule has 0 radical (unpaired) electrons. The van der Waals surface area contributed by atoms with Crippen molar-refractivity contribution in [3.8, 4) is 11.3 Å². The molecule has 3 heteroatoms. The molecule has 0 saturated carbocycles. The highest BCUT2D eigenvalue weighted by Gasteiger charge is 2.06. The van der Waals surface area contributed by atoms with Gasteiger partial charge in [0.05, 0.1) is 15.7 Å². The Labute approximate surface area is 132 Å². The van der Waals surface area contributed by atoms with Gasteiger partial charge in [0.2, 0.25) is 0 Å². The molecule has 0 amide bonds. The maximum Gasteiger partial charge on any atom is 0.147 e. The van der Waals surface area contributed by atoms with Gasteiger partial charge in [-0.25, -0.2) is 4.99 Å². The van der Waals surface area contributed by atoms with Crippen molar-refractivity contribution in [2.24, 2.45) is 4.99 Å². The second-order valence-corrected chi connectivity index (χ2v) is 5.84. The lowest BCUT2D eigenvalue weighted by molar-refractivity contribution is 0.620. The summed E-state index contributed by atoms with van der Waals surface area (Å²) < 4.78 is 7.09. The molecule has 4 aromatic rings. The van der Waals surface area contributed by atoms with Gasteiger partial charge in [0.15, 0.2) is 0 Å². The Kier molecular flexibility index (Phi) is 3.33. The minimum absolute atomic E-state index is 0.834. The van der Waals surface area contributed by atoms with Crippen LogP contribution in [-0.4, -0.2) is 0 Å². The number of thiophene rings is 1. The Bertz CT molecular complexity index is 968. The molecule has 2 nitrogen and oxygen atoms in total. The molecule has 22 heavy (non-hydrogen) atoms. The van der Waals surface area contributed by atoms with E-state index in [0.29, 0.717) is 0 Å². The molecule has 4 rings (SSSR count). The molecule has 0 aliphatic carbocycles. The van der Waals surface area contributed by atoms with E-state index in [1.54, 1.807) is 11.3 Å². The monoisotopic (exact) mass is 303 g/mol. The lowest BCUT2D eigenvalue weighted by Crippen LogP contribution is -2.00. The first-order valence-corrected chi connectivity index (χ1v) is 7.95. The van der Waals surface area contributed by atoms with Crippen molar-refractivity contribution in [1.82, 2.24) is 0 Å². The van der Waals surface area contributed by atoms with Gasteiger partial charge in [-0.05, 0) is 23.6 Å². The van der Waals surface area contributed by atoms with Gasteiger partial charge in [-0.2, -0.15) is 0 Å². The largest absolute Gasteiger partial charge is 0.455 e. The molecule has 106 valence electrons. The molecular weight excluding hydrogens is 290 g/mol. The lowest BCUT2D eigenvalue weighted by atomic mass is 10.1. The zero-order valence-electron chi connectivity index (χ0n) is 11.8. The summed E-state index contributed by atoms with van der Waals surface area (Å²) in [7, 11) is 0. The minimum atomic E-state index is 0.834. The molecule has 2 aromatic carbocycles. The van der Waals surface area contributed by atoms with Crippen LogP contribution in [0.15, 0.2) is 87.6 Å². The number of para-hydroxylation sites is 1. The third kappa shape index (κ3) is 2.47. The summed E-state index contributed by atoms with van der Waals surface area (Å²) in [6, 6.07) is 24.1. The third-order valence-corrected chi connectivity index (χ3v) is 4.33. The van der Waals surface area contributed by atoms with Gasteiger partial charge in [0, 0.05) is 11.6 Å². The molecule has 0 aliphatic heterocycles. The Balaban J connectivity index is 1.98. The SMILES string of the molecule is c1ccc(N=c2cc(-c3ccccc3)oc3ccsc23)cc1. The molecule has 0 spiro atoms. The second kappa shape index (κ2) is 5.62. The van der Waals surface area contributed by atoms with Crippen molar-refractivity contribution in [1.29, 1.82) is 0 Å². The summed E-state index contributed by atoms with van der Waals surface area (Å²) in [6.07, 6.45) is 0. The summed E-state index contributed by atoms with van der Waals surface area (Å²) in [5.41, 5.74) is 2.88. The fourth-order valence-electron chi connectivity index (χ4n) is 2.37. The number of benzene rings is 2. The van der Waals surface area contributed by atoms with Gasteiger partial charge in [0.25, 0.3) is 0 Å². The summed E-state index contributed by atoms with van der Waals surface area (Å²) in [5, 5.41) is 2.98. The van der Waals surface area contributed by atoms with Gasteiger partial charge in [-0.1, -0.05) is 48.5 Å². The van der Waals surface area contributed by atoms with E-state index in [-0.39, 0.29) is 0 Å². The zero-order chi connectivity index (χ0) is 14.8. The Morgan fingerprint density at radius 3 is 2.32 bits per heavy atom. The van der Waals surface area contributed by atoms with Crippen molar-refractivity contribution in [2.45, 2.75) is 0 Å². The van der Waals surface area contributed by atoms with E-state index in [2.05, 4.69) is 0 Å². The highest BCUT2D eigenvalue weighted by molar-refractivity contribution is 7.17. The van der Waals surface area contributed by atoms with Crippen LogP contribution in [0.3, 0.4) is 0 Å². The molecule has 2 aromatic heterocycles. The molecule has 0 unspecified atom stereocenters. The molecule has 2 heterocycles. The van der Waals surface area contributed by atoms with Crippen molar-refractivity contribution in [2.75, 3.05) is 0 Å². The van der Waals surface area contributed by atoms with E-state index in [9.17, 15) is 0 Å². The summed E-state index contributed by atoms with van der Waals surface area (Å²) >= 11 is 1.65. The highest BCUT2D eigenvalue weighted by atomic mass is 32.1. The van der Waals surface area contributed by atoms with Crippen molar-refractivity contribution < 1.29 is 4.42 Å². The number of nitrogens with zero attached hydrogens (tertiary/aromatic N) is 1. The fraction of sp³-hybridized carbons (Fsp3) is 0. The van der Waals surface area contributed by atoms with Crippen LogP contribution in [0, 0.1) is 0 Å². The first-order chi connectivity index (χ1) is 10.9. The van der Waals surface area contributed by atoms with E-state index in [4.69, 9.17) is 9.41 Å². The lowest BCUT2D eigenvalue weighted by Gasteiger charge is -2.02. The zero-order valence-corrected chi connectivity index (χ0v) is 12.6. The number of hydrogen-bond acceptors (Lipinski definition) is 3. The molecular formula is C19H13NOS. The topological polar surface area (TPSA) is 25.5 Å². The highest BCUT2D eigenvalue weighted by Crippen LogP contribution is 2.25. The van der Waals surface area contributed by atoms with E-state index >= 15 is 0 Å². The first-order valence-electron chi connectivity index (χ1n) is 7.07. The van der Waals surface area contributed by atoms with E-state index < -0.39 is 0 Å². The normalized spacial score (nSPS) is 11.9. The smallest absolute Gasteiger partial charge is 0.147 e. The van der Waals surface area contributed by atoms with Gasteiger partial charge >= 0.3 is 0 Å². The van der Waals surface area contributed by atoms with Crippen LogP contribution in [0.2, 0.25) is 0 Å². The second-order valence-electron chi connectivity index (χ2n) is 4.92. The van der Waals surface area contributed by atoms with Crippen LogP contribution in [-0.2, 0) is 0 Å². The van der Waals surface area contributed by atoms with E-state index in [0.717, 1.165) is 32.7 Å². The average molecular weight is 303 g/mol. The van der Waals surface area contributed by atoms with Crippen LogP contribution >= 0.6 is 11.3 Å². The molecule has 0 saturated heterocycles. The van der Waals surface area contributed by atoms with Crippen LogP contribution in [0.1, 0.15) is 0 Å². The maximum atomic E-state index is 6.02. The van der Waals surface area contributed by atoms with E-state index in [1.807, 2.05) is 78.2 Å². The fourth-order valence-corrected chi connectivity index (χ4v) is 3.15. The number of rotatable bonds is 2. The summed E-state index contributed by atoms with van der Waals surface area (Å²) in [5.74, 6) is 0.834. The summed E-state index contributed by atoms with van der Waals surface area (Å²) in [6.45, 7) is 0. The molecule has 0 atom stereocenters. The van der Waals surface area contributed by atoms with Gasteiger partial charge in [-0.15, -0.1) is 11.3 Å².